The number of aryl methyl sites for hydroxylation is 1. The van der Waals surface area contributed by atoms with E-state index in [1.807, 2.05) is 19.1 Å². The minimum atomic E-state index is -0.858. The monoisotopic (exact) mass is 310 g/mol. The predicted octanol–water partition coefficient (Wildman–Crippen LogP) is 1.77. The number of H-pyrrole nitrogens is 1. The second-order valence-corrected chi connectivity index (χ2v) is 4.99. The number of carbonyl (C=O) groups is 1. The molecule has 2 amide bonds. The average Bonchev–Trinajstić information content (AvgIpc) is 2.54. The molecule has 0 unspecified atom stereocenters. The predicted molar refractivity (Wildman–Crippen MR) is 88.4 cm³/mol. The second kappa shape index (κ2) is 5.80. The summed E-state index contributed by atoms with van der Waals surface area (Å²) in [6, 6.07) is 13.3. The van der Waals surface area contributed by atoms with Crippen LogP contribution in [0.5, 0.6) is 0 Å². The zero-order valence-corrected chi connectivity index (χ0v) is 12.3. The van der Waals surface area contributed by atoms with Crippen LogP contribution in [0, 0.1) is 6.92 Å². The molecule has 0 bridgehead atoms. The van der Waals surface area contributed by atoms with E-state index < -0.39 is 17.1 Å². The lowest BCUT2D eigenvalue weighted by atomic mass is 10.2. The van der Waals surface area contributed by atoms with Crippen LogP contribution in [0.4, 0.5) is 10.5 Å². The van der Waals surface area contributed by atoms with Gasteiger partial charge in [0.05, 0.1) is 11.0 Å². The van der Waals surface area contributed by atoms with Crippen LogP contribution in [0.2, 0.25) is 0 Å². The maximum Gasteiger partial charge on any atom is 0.338 e. The van der Waals surface area contributed by atoms with Gasteiger partial charge in [-0.3, -0.25) is 9.59 Å². The number of hydrogen-bond donors (Lipinski definition) is 3. The second-order valence-electron chi connectivity index (χ2n) is 4.99. The first kappa shape index (κ1) is 14.6. The lowest BCUT2D eigenvalue weighted by molar-refractivity contribution is 0.259. The van der Waals surface area contributed by atoms with Gasteiger partial charge in [0.25, 0.3) is 0 Å². The highest BCUT2D eigenvalue weighted by Crippen LogP contribution is 2.13. The van der Waals surface area contributed by atoms with Crippen molar-refractivity contribution in [2.75, 3.05) is 10.7 Å². The molecule has 0 spiro atoms. The third-order valence-corrected chi connectivity index (χ3v) is 3.40. The Bertz CT molecular complexity index is 1000. The highest BCUT2D eigenvalue weighted by Gasteiger charge is 2.10. The normalized spacial score (nSPS) is 10.5. The molecule has 3 N–H and O–H groups in total. The van der Waals surface area contributed by atoms with Crippen molar-refractivity contribution in [2.24, 2.45) is 0 Å². The third-order valence-electron chi connectivity index (χ3n) is 3.40. The number of aromatic amines is 1. The van der Waals surface area contributed by atoms with Gasteiger partial charge in [-0.2, -0.15) is 0 Å². The van der Waals surface area contributed by atoms with Gasteiger partial charge in [0, 0.05) is 5.69 Å². The Morgan fingerprint density at radius 2 is 1.74 bits per heavy atom. The average molecular weight is 310 g/mol. The molecular formula is C16H14N4O3. The van der Waals surface area contributed by atoms with Crippen molar-refractivity contribution >= 4 is 22.8 Å². The van der Waals surface area contributed by atoms with Crippen molar-refractivity contribution in [3.63, 3.8) is 0 Å². The fraction of sp³-hybridized carbons (Fsp3) is 0.0625. The van der Waals surface area contributed by atoms with Crippen LogP contribution in [-0.4, -0.2) is 15.7 Å². The summed E-state index contributed by atoms with van der Waals surface area (Å²) < 4.78 is 0.932. The van der Waals surface area contributed by atoms with Crippen LogP contribution in [0.25, 0.3) is 11.0 Å². The summed E-state index contributed by atoms with van der Waals surface area (Å²) in [6.07, 6.45) is 0. The molecule has 0 aliphatic carbocycles. The lowest BCUT2D eigenvalue weighted by Gasteiger charge is -2.13. The van der Waals surface area contributed by atoms with E-state index in [1.54, 1.807) is 36.4 Å². The van der Waals surface area contributed by atoms with Crippen molar-refractivity contribution in [1.29, 1.82) is 0 Å². The van der Waals surface area contributed by atoms with E-state index in [0.29, 0.717) is 16.7 Å². The van der Waals surface area contributed by atoms with Crippen molar-refractivity contribution in [1.82, 2.24) is 9.66 Å². The zero-order valence-electron chi connectivity index (χ0n) is 12.3. The van der Waals surface area contributed by atoms with E-state index in [0.717, 1.165) is 10.2 Å². The Morgan fingerprint density at radius 1 is 1.04 bits per heavy atom. The van der Waals surface area contributed by atoms with Gasteiger partial charge in [-0.1, -0.05) is 30.3 Å². The van der Waals surface area contributed by atoms with Crippen LogP contribution in [0.1, 0.15) is 5.56 Å². The first-order valence-corrected chi connectivity index (χ1v) is 6.94. The highest BCUT2D eigenvalue weighted by atomic mass is 16.2. The van der Waals surface area contributed by atoms with Crippen LogP contribution in [0.3, 0.4) is 0 Å². The number of hydrogen-bond acceptors (Lipinski definition) is 3. The Hall–Kier alpha value is -3.35. The summed E-state index contributed by atoms with van der Waals surface area (Å²) in [7, 11) is 0. The van der Waals surface area contributed by atoms with Crippen LogP contribution >= 0.6 is 0 Å². The third kappa shape index (κ3) is 2.84. The molecule has 2 aromatic carbocycles. The molecule has 0 saturated heterocycles. The van der Waals surface area contributed by atoms with Gasteiger partial charge < -0.3 is 10.3 Å². The number of nitrogens with zero attached hydrogens (tertiary/aromatic N) is 1. The van der Waals surface area contributed by atoms with Gasteiger partial charge in [-0.05, 0) is 30.7 Å². The summed E-state index contributed by atoms with van der Waals surface area (Å²) in [6.45, 7) is 1.85. The van der Waals surface area contributed by atoms with E-state index in [1.165, 1.54) is 0 Å². The molecule has 23 heavy (non-hydrogen) atoms. The van der Waals surface area contributed by atoms with E-state index in [2.05, 4.69) is 15.7 Å². The van der Waals surface area contributed by atoms with Crippen molar-refractivity contribution in [3.05, 3.63) is 74.8 Å². The van der Waals surface area contributed by atoms with Crippen LogP contribution in [0.15, 0.2) is 58.1 Å². The molecule has 3 aromatic rings. The fourth-order valence-corrected chi connectivity index (χ4v) is 2.24. The summed E-state index contributed by atoms with van der Waals surface area (Å²) in [4.78, 5) is 38.3. The number of rotatable bonds is 2. The van der Waals surface area contributed by atoms with Crippen LogP contribution < -0.4 is 21.9 Å². The Balaban J connectivity index is 1.97. The minimum Gasteiger partial charge on any atom is -0.316 e. The van der Waals surface area contributed by atoms with Crippen molar-refractivity contribution < 1.29 is 4.79 Å². The SMILES string of the molecule is Cc1ccccc1NC(=O)Nn1c(=O)c(=O)[nH]c2ccccc21. The summed E-state index contributed by atoms with van der Waals surface area (Å²) >= 11 is 0. The quantitative estimate of drug-likeness (QED) is 0.629. The first-order valence-electron chi connectivity index (χ1n) is 6.94. The Labute approximate surface area is 130 Å². The summed E-state index contributed by atoms with van der Waals surface area (Å²) in [5.74, 6) is 0. The first-order chi connectivity index (χ1) is 11.1. The number of anilines is 1. The Kier molecular flexibility index (Phi) is 3.68. The molecule has 0 aliphatic rings. The van der Waals surface area contributed by atoms with Gasteiger partial charge >= 0.3 is 17.1 Å². The molecule has 1 heterocycles. The summed E-state index contributed by atoms with van der Waals surface area (Å²) in [5.41, 5.74) is 3.09. The van der Waals surface area contributed by atoms with E-state index >= 15 is 0 Å². The molecular weight excluding hydrogens is 296 g/mol. The van der Waals surface area contributed by atoms with Gasteiger partial charge in [-0.25, -0.2) is 14.9 Å². The fourth-order valence-electron chi connectivity index (χ4n) is 2.24. The largest absolute Gasteiger partial charge is 0.338 e. The van der Waals surface area contributed by atoms with Crippen LogP contribution in [-0.2, 0) is 0 Å². The number of aromatic nitrogens is 2. The zero-order chi connectivity index (χ0) is 16.4. The van der Waals surface area contributed by atoms with Gasteiger partial charge in [0.15, 0.2) is 0 Å². The number of fused-ring (bicyclic) bond motifs is 1. The molecule has 0 radical (unpaired) electrons. The van der Waals surface area contributed by atoms with Gasteiger partial charge in [0.2, 0.25) is 0 Å². The molecule has 116 valence electrons. The summed E-state index contributed by atoms with van der Waals surface area (Å²) in [5, 5.41) is 2.65. The molecule has 0 aliphatic heterocycles. The number of benzene rings is 2. The molecule has 0 saturated carbocycles. The van der Waals surface area contributed by atoms with E-state index in [-0.39, 0.29) is 0 Å². The smallest absolute Gasteiger partial charge is 0.316 e. The van der Waals surface area contributed by atoms with Crippen molar-refractivity contribution in [3.8, 4) is 0 Å². The molecule has 0 fully saturated rings. The number of amides is 2. The topological polar surface area (TPSA) is 96.0 Å². The molecule has 7 nitrogen and oxygen atoms in total. The number of carbonyl (C=O) groups excluding carboxylic acids is 1. The van der Waals surface area contributed by atoms with Gasteiger partial charge in [-0.15, -0.1) is 0 Å². The molecule has 7 heteroatoms. The number of para-hydroxylation sites is 3. The minimum absolute atomic E-state index is 0.400. The molecule has 0 atom stereocenters. The highest BCUT2D eigenvalue weighted by molar-refractivity contribution is 5.96. The standard InChI is InChI=1S/C16H14N4O3/c1-10-6-2-3-7-11(10)18-16(23)19-20-13-9-5-4-8-12(13)17-14(21)15(20)22/h2-9H,1H3,(H,17,21)(H2,18,19,23). The van der Waals surface area contributed by atoms with E-state index in [9.17, 15) is 14.4 Å². The molecule has 3 rings (SSSR count). The Morgan fingerprint density at radius 3 is 2.52 bits per heavy atom. The van der Waals surface area contributed by atoms with Crippen molar-refractivity contribution in [2.45, 2.75) is 6.92 Å². The maximum atomic E-state index is 12.1. The molecule has 1 aromatic heterocycles. The number of urea groups is 1. The lowest BCUT2D eigenvalue weighted by Crippen LogP contribution is -2.43. The van der Waals surface area contributed by atoms with E-state index in [4.69, 9.17) is 0 Å². The maximum absolute atomic E-state index is 12.1. The number of nitrogens with one attached hydrogen (secondary N) is 3. The van der Waals surface area contributed by atoms with Gasteiger partial charge in [0.1, 0.15) is 0 Å².